The van der Waals surface area contributed by atoms with Gasteiger partial charge >= 0.3 is 5.97 Å². The molecule has 4 rings (SSSR count). The maximum atomic E-state index is 11.5. The van der Waals surface area contributed by atoms with Gasteiger partial charge in [0.05, 0.1) is 5.39 Å². The number of aliphatic carboxylic acids is 1. The summed E-state index contributed by atoms with van der Waals surface area (Å²) in [6.07, 6.45) is 7.83. The van der Waals surface area contributed by atoms with Gasteiger partial charge in [0.15, 0.2) is 0 Å². The van der Waals surface area contributed by atoms with Gasteiger partial charge < -0.3 is 10.0 Å². The number of anilines is 1. The first-order valence-electron chi connectivity index (χ1n) is 7.50. The summed E-state index contributed by atoms with van der Waals surface area (Å²) in [5.74, 6) is 0.0904. The molecule has 2 aliphatic rings. The van der Waals surface area contributed by atoms with Crippen LogP contribution in [0.4, 0.5) is 5.82 Å². The standard InChI is InChI=1S/C15H17N3O2S/c19-15(20)10-5-3-7-18(10)13-12-9-4-1-2-6-11(9)21-14(12)17-8-16-13/h8,10H,1-7H2,(H,19,20)/t10-/m0/s1. The Morgan fingerprint density at radius 1 is 1.29 bits per heavy atom. The lowest BCUT2D eigenvalue weighted by atomic mass is 9.97. The van der Waals surface area contributed by atoms with Crippen molar-refractivity contribution in [1.82, 2.24) is 9.97 Å². The van der Waals surface area contributed by atoms with E-state index in [1.165, 1.54) is 23.3 Å². The van der Waals surface area contributed by atoms with Gasteiger partial charge in [-0.15, -0.1) is 11.3 Å². The molecule has 0 radical (unpaired) electrons. The molecule has 5 nitrogen and oxygen atoms in total. The van der Waals surface area contributed by atoms with E-state index in [9.17, 15) is 9.90 Å². The van der Waals surface area contributed by atoms with E-state index >= 15 is 0 Å². The van der Waals surface area contributed by atoms with Gasteiger partial charge in [-0.3, -0.25) is 0 Å². The summed E-state index contributed by atoms with van der Waals surface area (Å²) in [5.41, 5.74) is 1.37. The van der Waals surface area contributed by atoms with Gasteiger partial charge in [0.25, 0.3) is 0 Å². The molecule has 0 spiro atoms. The average Bonchev–Trinajstić information content (AvgIpc) is 3.11. The Labute approximate surface area is 126 Å². The second-order valence-electron chi connectivity index (χ2n) is 5.78. The number of hydrogen-bond acceptors (Lipinski definition) is 5. The third-order valence-corrected chi connectivity index (χ3v) is 5.74. The molecular formula is C15H17N3O2S. The van der Waals surface area contributed by atoms with Crippen molar-refractivity contribution in [1.29, 1.82) is 0 Å². The first-order chi connectivity index (χ1) is 10.3. The lowest BCUT2D eigenvalue weighted by Crippen LogP contribution is -2.36. The molecule has 0 bridgehead atoms. The fraction of sp³-hybridized carbons (Fsp3) is 0.533. The maximum Gasteiger partial charge on any atom is 0.326 e. The predicted octanol–water partition coefficient (Wildman–Crippen LogP) is 2.62. The molecule has 1 atom stereocenters. The molecule has 1 aliphatic carbocycles. The summed E-state index contributed by atoms with van der Waals surface area (Å²) >= 11 is 1.76. The number of carboxylic acid groups (broad SMARTS) is 1. The molecule has 0 saturated carbocycles. The minimum absolute atomic E-state index is 0.442. The molecular weight excluding hydrogens is 286 g/mol. The van der Waals surface area contributed by atoms with Crippen molar-refractivity contribution in [2.75, 3.05) is 11.4 Å². The van der Waals surface area contributed by atoms with Crippen molar-refractivity contribution in [3.05, 3.63) is 16.8 Å². The molecule has 0 unspecified atom stereocenters. The van der Waals surface area contributed by atoms with E-state index in [-0.39, 0.29) is 0 Å². The van der Waals surface area contributed by atoms with Crippen molar-refractivity contribution < 1.29 is 9.90 Å². The van der Waals surface area contributed by atoms with Crippen molar-refractivity contribution >= 4 is 33.3 Å². The van der Waals surface area contributed by atoms with Gasteiger partial charge in [0.2, 0.25) is 0 Å². The zero-order chi connectivity index (χ0) is 14.4. The number of aromatic nitrogens is 2. The van der Waals surface area contributed by atoms with Crippen LogP contribution in [0.3, 0.4) is 0 Å². The summed E-state index contributed by atoms with van der Waals surface area (Å²) in [4.78, 5) is 24.8. The number of fused-ring (bicyclic) bond motifs is 3. The molecule has 1 fully saturated rings. The van der Waals surface area contributed by atoms with Crippen LogP contribution in [-0.2, 0) is 17.6 Å². The summed E-state index contributed by atoms with van der Waals surface area (Å²) in [6, 6.07) is -0.442. The number of rotatable bonds is 2. The maximum absolute atomic E-state index is 11.5. The number of nitrogens with zero attached hydrogens (tertiary/aromatic N) is 3. The SMILES string of the molecule is O=C(O)[C@@H]1CCCN1c1ncnc2sc3c(c12)CCCC3. The van der Waals surface area contributed by atoms with E-state index in [0.29, 0.717) is 6.42 Å². The number of thiophene rings is 1. The first-order valence-corrected chi connectivity index (χ1v) is 8.32. The third-order valence-electron chi connectivity index (χ3n) is 4.54. The van der Waals surface area contributed by atoms with E-state index in [1.54, 1.807) is 17.7 Å². The third kappa shape index (κ3) is 2.00. The molecule has 1 saturated heterocycles. The highest BCUT2D eigenvalue weighted by Gasteiger charge is 2.33. The monoisotopic (exact) mass is 303 g/mol. The lowest BCUT2D eigenvalue weighted by Gasteiger charge is -2.23. The Balaban J connectivity index is 1.88. The van der Waals surface area contributed by atoms with Crippen LogP contribution in [-0.4, -0.2) is 33.6 Å². The average molecular weight is 303 g/mol. The Morgan fingerprint density at radius 2 is 2.14 bits per heavy atom. The molecule has 21 heavy (non-hydrogen) atoms. The summed E-state index contributed by atoms with van der Waals surface area (Å²) < 4.78 is 0. The van der Waals surface area contributed by atoms with Crippen molar-refractivity contribution in [2.45, 2.75) is 44.6 Å². The van der Waals surface area contributed by atoms with Gasteiger partial charge in [0.1, 0.15) is 23.0 Å². The fourth-order valence-electron chi connectivity index (χ4n) is 3.57. The van der Waals surface area contributed by atoms with Crippen LogP contribution in [0.5, 0.6) is 0 Å². The van der Waals surface area contributed by atoms with Gasteiger partial charge in [0, 0.05) is 11.4 Å². The highest BCUT2D eigenvalue weighted by molar-refractivity contribution is 7.19. The normalized spacial score (nSPS) is 21.7. The van der Waals surface area contributed by atoms with Crippen LogP contribution in [0.2, 0.25) is 0 Å². The van der Waals surface area contributed by atoms with Crippen LogP contribution < -0.4 is 4.90 Å². The molecule has 110 valence electrons. The largest absolute Gasteiger partial charge is 0.480 e. The fourth-order valence-corrected chi connectivity index (χ4v) is 4.79. The lowest BCUT2D eigenvalue weighted by molar-refractivity contribution is -0.138. The van der Waals surface area contributed by atoms with Crippen LogP contribution >= 0.6 is 11.3 Å². The zero-order valence-corrected chi connectivity index (χ0v) is 12.5. The Kier molecular flexibility index (Phi) is 3.06. The Bertz CT molecular complexity index is 712. The number of hydrogen-bond donors (Lipinski definition) is 1. The molecule has 2 aromatic rings. The van der Waals surface area contributed by atoms with Gasteiger partial charge in [-0.2, -0.15) is 0 Å². The number of carbonyl (C=O) groups is 1. The van der Waals surface area contributed by atoms with Crippen molar-refractivity contribution in [3.63, 3.8) is 0 Å². The quantitative estimate of drug-likeness (QED) is 0.924. The van der Waals surface area contributed by atoms with E-state index in [2.05, 4.69) is 9.97 Å². The molecule has 1 N–H and O–H groups in total. The summed E-state index contributed by atoms with van der Waals surface area (Å²) in [7, 11) is 0. The molecule has 0 aromatic carbocycles. The number of carboxylic acids is 1. The molecule has 6 heteroatoms. The number of aryl methyl sites for hydroxylation is 2. The second-order valence-corrected chi connectivity index (χ2v) is 6.86. The van der Waals surface area contributed by atoms with E-state index in [1.807, 2.05) is 4.90 Å². The highest BCUT2D eigenvalue weighted by atomic mass is 32.1. The molecule has 3 heterocycles. The Morgan fingerprint density at radius 3 is 3.00 bits per heavy atom. The minimum Gasteiger partial charge on any atom is -0.480 e. The van der Waals surface area contributed by atoms with E-state index < -0.39 is 12.0 Å². The molecule has 0 amide bonds. The first kappa shape index (κ1) is 13.0. The van der Waals surface area contributed by atoms with Crippen LogP contribution in [0, 0.1) is 0 Å². The highest BCUT2D eigenvalue weighted by Crippen LogP contribution is 2.40. The van der Waals surface area contributed by atoms with Crippen LogP contribution in [0.25, 0.3) is 10.2 Å². The molecule has 2 aromatic heterocycles. The topological polar surface area (TPSA) is 66.3 Å². The van der Waals surface area contributed by atoms with Crippen LogP contribution in [0.1, 0.15) is 36.1 Å². The zero-order valence-electron chi connectivity index (χ0n) is 11.7. The van der Waals surface area contributed by atoms with Gasteiger partial charge in [-0.1, -0.05) is 0 Å². The Hall–Kier alpha value is -1.69. The van der Waals surface area contributed by atoms with E-state index in [0.717, 1.165) is 41.8 Å². The predicted molar refractivity (Wildman–Crippen MR) is 82.1 cm³/mol. The van der Waals surface area contributed by atoms with E-state index in [4.69, 9.17) is 0 Å². The van der Waals surface area contributed by atoms with Gasteiger partial charge in [-0.05, 0) is 44.1 Å². The summed E-state index contributed by atoms with van der Waals surface area (Å²) in [5, 5.41) is 10.5. The van der Waals surface area contributed by atoms with Crippen molar-refractivity contribution in [3.8, 4) is 0 Å². The smallest absolute Gasteiger partial charge is 0.326 e. The van der Waals surface area contributed by atoms with Crippen LogP contribution in [0.15, 0.2) is 6.33 Å². The van der Waals surface area contributed by atoms with Crippen molar-refractivity contribution in [2.24, 2.45) is 0 Å². The van der Waals surface area contributed by atoms with Gasteiger partial charge in [-0.25, -0.2) is 14.8 Å². The second kappa shape index (κ2) is 4.94. The minimum atomic E-state index is -0.747. The summed E-state index contributed by atoms with van der Waals surface area (Å²) in [6.45, 7) is 0.772. The molecule has 1 aliphatic heterocycles.